The zero-order valence-electron chi connectivity index (χ0n) is 10.8. The standard InChI is InChI=1S/C12H23N3O/c1-5-15(6-2)8-7-13-9-12-10(3)14-16-11(12)4/h13H,5-9H2,1-4H3. The van der Waals surface area contributed by atoms with Crippen LogP contribution in [0.15, 0.2) is 4.52 Å². The molecule has 1 aromatic heterocycles. The van der Waals surface area contributed by atoms with Gasteiger partial charge in [-0.25, -0.2) is 0 Å². The number of hydrogen-bond donors (Lipinski definition) is 1. The third-order valence-electron chi connectivity index (χ3n) is 2.98. The van der Waals surface area contributed by atoms with Crippen LogP contribution in [0.4, 0.5) is 0 Å². The van der Waals surface area contributed by atoms with Crippen LogP contribution in [0.3, 0.4) is 0 Å². The van der Waals surface area contributed by atoms with E-state index in [0.717, 1.165) is 44.2 Å². The molecule has 0 aromatic carbocycles. The normalized spacial score (nSPS) is 11.3. The third kappa shape index (κ3) is 3.61. The quantitative estimate of drug-likeness (QED) is 0.717. The Hall–Kier alpha value is -0.870. The van der Waals surface area contributed by atoms with Gasteiger partial charge in [-0.2, -0.15) is 0 Å². The van der Waals surface area contributed by atoms with Gasteiger partial charge in [-0.15, -0.1) is 0 Å². The number of likely N-dealkylation sites (N-methyl/N-ethyl adjacent to an activating group) is 1. The molecule has 4 heteroatoms. The molecule has 1 aromatic rings. The Morgan fingerprint density at radius 1 is 1.25 bits per heavy atom. The van der Waals surface area contributed by atoms with Crippen molar-refractivity contribution in [2.75, 3.05) is 26.2 Å². The second-order valence-electron chi connectivity index (χ2n) is 4.01. The highest BCUT2D eigenvalue weighted by atomic mass is 16.5. The van der Waals surface area contributed by atoms with Crippen LogP contribution >= 0.6 is 0 Å². The number of hydrogen-bond acceptors (Lipinski definition) is 4. The van der Waals surface area contributed by atoms with Crippen molar-refractivity contribution < 1.29 is 4.52 Å². The fraction of sp³-hybridized carbons (Fsp3) is 0.750. The SMILES string of the molecule is CCN(CC)CCNCc1c(C)noc1C. The van der Waals surface area contributed by atoms with Gasteiger partial charge in [0.2, 0.25) is 0 Å². The maximum absolute atomic E-state index is 5.12. The van der Waals surface area contributed by atoms with Crippen LogP contribution in [0.25, 0.3) is 0 Å². The molecule has 1 heterocycles. The van der Waals surface area contributed by atoms with Gasteiger partial charge in [0.1, 0.15) is 5.76 Å². The summed E-state index contributed by atoms with van der Waals surface area (Å²) in [7, 11) is 0. The van der Waals surface area contributed by atoms with E-state index >= 15 is 0 Å². The first-order chi connectivity index (χ1) is 7.69. The Kier molecular flexibility index (Phi) is 5.49. The average molecular weight is 225 g/mol. The summed E-state index contributed by atoms with van der Waals surface area (Å²) in [6, 6.07) is 0. The van der Waals surface area contributed by atoms with Gasteiger partial charge in [0.05, 0.1) is 5.69 Å². The molecule has 0 unspecified atom stereocenters. The predicted molar refractivity (Wildman–Crippen MR) is 65.5 cm³/mol. The molecule has 0 aliphatic carbocycles. The first-order valence-corrected chi connectivity index (χ1v) is 6.03. The van der Waals surface area contributed by atoms with E-state index in [1.807, 2.05) is 13.8 Å². The van der Waals surface area contributed by atoms with Gasteiger partial charge < -0.3 is 14.7 Å². The van der Waals surface area contributed by atoms with E-state index in [0.29, 0.717) is 0 Å². The van der Waals surface area contributed by atoms with Gasteiger partial charge >= 0.3 is 0 Å². The minimum absolute atomic E-state index is 0.850. The van der Waals surface area contributed by atoms with Gasteiger partial charge in [0.15, 0.2) is 0 Å². The van der Waals surface area contributed by atoms with Gasteiger partial charge in [-0.05, 0) is 26.9 Å². The van der Waals surface area contributed by atoms with Gasteiger partial charge in [0, 0.05) is 25.2 Å². The molecule has 4 nitrogen and oxygen atoms in total. The molecule has 0 bridgehead atoms. The van der Waals surface area contributed by atoms with E-state index in [-0.39, 0.29) is 0 Å². The zero-order chi connectivity index (χ0) is 12.0. The van der Waals surface area contributed by atoms with Crippen molar-refractivity contribution >= 4 is 0 Å². The lowest BCUT2D eigenvalue weighted by atomic mass is 10.2. The Bertz CT molecular complexity index is 286. The van der Waals surface area contributed by atoms with Crippen LogP contribution in [0.5, 0.6) is 0 Å². The smallest absolute Gasteiger partial charge is 0.138 e. The Morgan fingerprint density at radius 3 is 2.44 bits per heavy atom. The van der Waals surface area contributed by atoms with Crippen molar-refractivity contribution in [1.29, 1.82) is 0 Å². The summed E-state index contributed by atoms with van der Waals surface area (Å²) < 4.78 is 5.12. The van der Waals surface area contributed by atoms with Gasteiger partial charge in [0.25, 0.3) is 0 Å². The van der Waals surface area contributed by atoms with Crippen LogP contribution in [-0.2, 0) is 6.54 Å². The molecule has 0 saturated carbocycles. The Balaban J connectivity index is 2.26. The van der Waals surface area contributed by atoms with Gasteiger partial charge in [-0.3, -0.25) is 0 Å². The lowest BCUT2D eigenvalue weighted by Crippen LogP contribution is -2.31. The van der Waals surface area contributed by atoms with Crippen molar-refractivity contribution in [3.63, 3.8) is 0 Å². The highest BCUT2D eigenvalue weighted by Crippen LogP contribution is 2.11. The second kappa shape index (κ2) is 6.66. The van der Waals surface area contributed by atoms with E-state index in [9.17, 15) is 0 Å². The molecule has 1 N–H and O–H groups in total. The fourth-order valence-corrected chi connectivity index (χ4v) is 1.74. The summed E-state index contributed by atoms with van der Waals surface area (Å²) in [4.78, 5) is 2.40. The molecular formula is C12H23N3O. The monoisotopic (exact) mass is 225 g/mol. The molecule has 0 spiro atoms. The highest BCUT2D eigenvalue weighted by Gasteiger charge is 2.07. The summed E-state index contributed by atoms with van der Waals surface area (Å²) in [5.74, 6) is 0.924. The summed E-state index contributed by atoms with van der Waals surface area (Å²) in [6.45, 7) is 13.5. The molecule has 16 heavy (non-hydrogen) atoms. The molecule has 92 valence electrons. The van der Waals surface area contributed by atoms with Crippen LogP contribution in [0, 0.1) is 13.8 Å². The largest absolute Gasteiger partial charge is 0.361 e. The van der Waals surface area contributed by atoms with E-state index in [1.54, 1.807) is 0 Å². The molecule has 0 radical (unpaired) electrons. The van der Waals surface area contributed by atoms with Gasteiger partial charge in [-0.1, -0.05) is 19.0 Å². The van der Waals surface area contributed by atoms with E-state index < -0.39 is 0 Å². The number of rotatable bonds is 7. The minimum atomic E-state index is 0.850. The minimum Gasteiger partial charge on any atom is -0.361 e. The molecule has 0 atom stereocenters. The lowest BCUT2D eigenvalue weighted by Gasteiger charge is -2.17. The Labute approximate surface area is 98.0 Å². The summed E-state index contributed by atoms with van der Waals surface area (Å²) in [6.07, 6.45) is 0. The molecule has 1 rings (SSSR count). The first-order valence-electron chi connectivity index (χ1n) is 6.03. The molecule has 0 saturated heterocycles. The average Bonchev–Trinajstić information content (AvgIpc) is 2.60. The number of nitrogens with zero attached hydrogens (tertiary/aromatic N) is 2. The number of nitrogens with one attached hydrogen (secondary N) is 1. The third-order valence-corrected chi connectivity index (χ3v) is 2.98. The topological polar surface area (TPSA) is 41.3 Å². The van der Waals surface area contributed by atoms with E-state index in [2.05, 4.69) is 29.2 Å². The molecule has 0 aliphatic heterocycles. The summed E-state index contributed by atoms with van der Waals surface area (Å²) in [5.41, 5.74) is 2.19. The van der Waals surface area contributed by atoms with E-state index in [4.69, 9.17) is 4.52 Å². The number of aryl methyl sites for hydroxylation is 2. The first kappa shape index (κ1) is 13.2. The van der Waals surface area contributed by atoms with Crippen LogP contribution in [0.2, 0.25) is 0 Å². The summed E-state index contributed by atoms with van der Waals surface area (Å²) in [5, 5.41) is 7.36. The van der Waals surface area contributed by atoms with Crippen LogP contribution in [0.1, 0.15) is 30.9 Å². The second-order valence-corrected chi connectivity index (χ2v) is 4.01. The van der Waals surface area contributed by atoms with Crippen molar-refractivity contribution in [2.24, 2.45) is 0 Å². The maximum atomic E-state index is 5.12. The van der Waals surface area contributed by atoms with Crippen LogP contribution < -0.4 is 5.32 Å². The lowest BCUT2D eigenvalue weighted by molar-refractivity contribution is 0.302. The molecular weight excluding hydrogens is 202 g/mol. The fourth-order valence-electron chi connectivity index (χ4n) is 1.74. The van der Waals surface area contributed by atoms with Crippen molar-refractivity contribution in [1.82, 2.24) is 15.4 Å². The molecule has 0 amide bonds. The van der Waals surface area contributed by atoms with E-state index in [1.165, 1.54) is 5.56 Å². The molecule has 0 fully saturated rings. The predicted octanol–water partition coefficient (Wildman–Crippen LogP) is 1.72. The molecule has 0 aliphatic rings. The summed E-state index contributed by atoms with van der Waals surface area (Å²) >= 11 is 0. The Morgan fingerprint density at radius 2 is 1.94 bits per heavy atom. The van der Waals surface area contributed by atoms with Crippen molar-refractivity contribution in [3.05, 3.63) is 17.0 Å². The van der Waals surface area contributed by atoms with Crippen molar-refractivity contribution in [3.8, 4) is 0 Å². The number of aromatic nitrogens is 1. The maximum Gasteiger partial charge on any atom is 0.138 e. The van der Waals surface area contributed by atoms with Crippen LogP contribution in [-0.4, -0.2) is 36.2 Å². The zero-order valence-corrected chi connectivity index (χ0v) is 10.8. The highest BCUT2D eigenvalue weighted by molar-refractivity contribution is 5.20. The van der Waals surface area contributed by atoms with Crippen molar-refractivity contribution in [2.45, 2.75) is 34.2 Å².